The van der Waals surface area contributed by atoms with E-state index in [1.807, 2.05) is 30.3 Å². The van der Waals surface area contributed by atoms with E-state index in [0.717, 1.165) is 33.1 Å². The third-order valence-corrected chi connectivity index (χ3v) is 5.85. The first-order valence-electron chi connectivity index (χ1n) is 9.04. The Labute approximate surface area is 166 Å². The molecule has 3 aromatic rings. The zero-order valence-electron chi connectivity index (χ0n) is 15.2. The van der Waals surface area contributed by atoms with E-state index < -0.39 is 0 Å². The van der Waals surface area contributed by atoms with E-state index in [0.29, 0.717) is 25.5 Å². The molecule has 2 aromatic heterocycles. The highest BCUT2D eigenvalue weighted by Crippen LogP contribution is 2.38. The largest absolute Gasteiger partial charge is 0.383 e. The van der Waals surface area contributed by atoms with Gasteiger partial charge in [-0.2, -0.15) is 0 Å². The Kier molecular flexibility index (Phi) is 5.18. The Morgan fingerprint density at radius 1 is 1.32 bits per heavy atom. The maximum Gasteiger partial charge on any atom is 0.246 e. The van der Waals surface area contributed by atoms with Crippen LogP contribution in [0.5, 0.6) is 0 Å². The van der Waals surface area contributed by atoms with Gasteiger partial charge in [-0.05, 0) is 17.0 Å². The lowest BCUT2D eigenvalue weighted by Gasteiger charge is -2.30. The Hall–Kier alpha value is -3.03. The number of fused-ring (bicyclic) bond motifs is 1. The summed E-state index contributed by atoms with van der Waals surface area (Å²) in [5, 5.41) is 6.05. The fourth-order valence-corrected chi connectivity index (χ4v) is 4.45. The lowest BCUT2D eigenvalue weighted by Crippen LogP contribution is -2.52. The van der Waals surface area contributed by atoms with Crippen molar-refractivity contribution in [1.29, 1.82) is 0 Å². The first kappa shape index (κ1) is 18.3. The second kappa shape index (κ2) is 7.92. The van der Waals surface area contributed by atoms with Crippen molar-refractivity contribution < 1.29 is 9.59 Å². The van der Waals surface area contributed by atoms with Crippen molar-refractivity contribution in [3.63, 3.8) is 0 Å². The van der Waals surface area contributed by atoms with Crippen LogP contribution >= 0.6 is 11.3 Å². The summed E-state index contributed by atoms with van der Waals surface area (Å²) in [6.45, 7) is 1.58. The molecule has 0 spiro atoms. The summed E-state index contributed by atoms with van der Waals surface area (Å²) in [5.41, 5.74) is 9.15. The number of aldehydes is 1. The van der Waals surface area contributed by atoms with E-state index in [9.17, 15) is 9.59 Å². The van der Waals surface area contributed by atoms with Crippen LogP contribution in [-0.4, -0.2) is 47.8 Å². The molecule has 142 valence electrons. The number of nitrogens with zero attached hydrogens (tertiary/aromatic N) is 2. The monoisotopic (exact) mass is 392 g/mol. The molecule has 1 atom stereocenters. The van der Waals surface area contributed by atoms with Gasteiger partial charge in [-0.15, -0.1) is 11.3 Å². The second-order valence-electron chi connectivity index (χ2n) is 6.63. The van der Waals surface area contributed by atoms with E-state index in [4.69, 9.17) is 5.73 Å². The molecule has 6 nitrogen and oxygen atoms in total. The van der Waals surface area contributed by atoms with Gasteiger partial charge < -0.3 is 20.7 Å². The molecule has 0 radical (unpaired) electrons. The average Bonchev–Trinajstić information content (AvgIpc) is 3.20. The van der Waals surface area contributed by atoms with Gasteiger partial charge in [0, 0.05) is 53.1 Å². The Morgan fingerprint density at radius 3 is 2.93 bits per heavy atom. The summed E-state index contributed by atoms with van der Waals surface area (Å²) in [6, 6.07) is 9.74. The molecule has 1 unspecified atom stereocenters. The van der Waals surface area contributed by atoms with Crippen LogP contribution in [-0.2, 0) is 9.59 Å². The Balaban J connectivity index is 1.64. The highest BCUT2D eigenvalue weighted by atomic mass is 32.1. The van der Waals surface area contributed by atoms with Gasteiger partial charge in [-0.3, -0.25) is 4.79 Å². The molecule has 1 fully saturated rings. The van der Waals surface area contributed by atoms with Crippen LogP contribution in [0, 0.1) is 0 Å². The van der Waals surface area contributed by atoms with Crippen LogP contribution in [0.4, 0.5) is 5.82 Å². The van der Waals surface area contributed by atoms with E-state index >= 15 is 0 Å². The summed E-state index contributed by atoms with van der Waals surface area (Å²) in [7, 11) is 0. The summed E-state index contributed by atoms with van der Waals surface area (Å²) in [4.78, 5) is 29.5. The van der Waals surface area contributed by atoms with Crippen LogP contribution in [0.15, 0.2) is 48.0 Å². The summed E-state index contributed by atoms with van der Waals surface area (Å²) in [5.74, 6) is 0.368. The average molecular weight is 392 g/mol. The number of aromatic nitrogens is 1. The van der Waals surface area contributed by atoms with Crippen molar-refractivity contribution in [2.24, 2.45) is 0 Å². The highest BCUT2D eigenvalue weighted by Gasteiger charge is 2.21. The predicted molar refractivity (Wildman–Crippen MR) is 113 cm³/mol. The van der Waals surface area contributed by atoms with Crippen LogP contribution in [0.25, 0.3) is 27.3 Å². The van der Waals surface area contributed by atoms with Gasteiger partial charge in [-0.25, -0.2) is 4.98 Å². The van der Waals surface area contributed by atoms with E-state index in [1.54, 1.807) is 34.6 Å². The molecule has 3 heterocycles. The van der Waals surface area contributed by atoms with Crippen LogP contribution in [0.2, 0.25) is 0 Å². The van der Waals surface area contributed by atoms with Gasteiger partial charge in [0.15, 0.2) is 0 Å². The normalized spacial score (nSPS) is 17.3. The molecule has 1 saturated heterocycles. The highest BCUT2D eigenvalue weighted by molar-refractivity contribution is 7.18. The molecule has 1 amide bonds. The number of rotatable bonds is 4. The minimum Gasteiger partial charge on any atom is -0.383 e. The van der Waals surface area contributed by atoms with E-state index in [1.165, 1.54) is 0 Å². The van der Waals surface area contributed by atoms with Crippen molar-refractivity contribution in [3.8, 4) is 11.1 Å². The number of hydrogen-bond acceptors (Lipinski definition) is 6. The molecular weight excluding hydrogens is 372 g/mol. The maximum absolute atomic E-state index is 12.5. The zero-order valence-corrected chi connectivity index (χ0v) is 16.0. The number of carbonyl (C=O) groups is 2. The number of thiophene rings is 1. The van der Waals surface area contributed by atoms with Gasteiger partial charge in [0.1, 0.15) is 12.1 Å². The number of anilines is 1. The molecule has 0 aliphatic carbocycles. The molecule has 7 heteroatoms. The first-order valence-corrected chi connectivity index (χ1v) is 9.92. The van der Waals surface area contributed by atoms with E-state index in [-0.39, 0.29) is 11.9 Å². The zero-order chi connectivity index (χ0) is 19.5. The van der Waals surface area contributed by atoms with Crippen molar-refractivity contribution in [1.82, 2.24) is 15.2 Å². The van der Waals surface area contributed by atoms with Crippen molar-refractivity contribution in [3.05, 3.63) is 53.5 Å². The topological polar surface area (TPSA) is 88.3 Å². The molecule has 0 saturated carbocycles. The van der Waals surface area contributed by atoms with Gasteiger partial charge in [0.25, 0.3) is 0 Å². The summed E-state index contributed by atoms with van der Waals surface area (Å²) >= 11 is 1.59. The molecule has 4 rings (SSSR count). The SMILES string of the molecule is Nc1ncc(/C=C/C(=O)N2CCNC(C=O)C2)c2scc(-c3ccccc3)c12. The molecule has 1 aliphatic rings. The number of carbonyl (C=O) groups excluding carboxylic acids is 2. The number of nitrogen functional groups attached to an aromatic ring is 1. The first-order chi connectivity index (χ1) is 13.7. The standard InChI is InChI=1S/C21H20N4O2S/c22-21-19-17(14-4-2-1-3-5-14)13-28-20(19)15(10-24-21)6-7-18(27)25-9-8-23-16(11-25)12-26/h1-7,10,12-13,16,23H,8-9,11H2,(H2,22,24)/b7-6+. The van der Waals surface area contributed by atoms with Crippen molar-refractivity contribution in [2.75, 3.05) is 25.4 Å². The number of nitrogens with two attached hydrogens (primary N) is 1. The number of amides is 1. The molecule has 3 N–H and O–H groups in total. The van der Waals surface area contributed by atoms with E-state index in [2.05, 4.69) is 15.7 Å². The molecule has 28 heavy (non-hydrogen) atoms. The van der Waals surface area contributed by atoms with Crippen molar-refractivity contribution >= 4 is 45.5 Å². The summed E-state index contributed by atoms with van der Waals surface area (Å²) < 4.78 is 1.00. The minimum absolute atomic E-state index is 0.113. The number of hydrogen-bond donors (Lipinski definition) is 2. The molecule has 0 bridgehead atoms. The van der Waals surface area contributed by atoms with Crippen LogP contribution in [0.3, 0.4) is 0 Å². The van der Waals surface area contributed by atoms with Crippen LogP contribution < -0.4 is 11.1 Å². The van der Waals surface area contributed by atoms with Gasteiger partial charge >= 0.3 is 0 Å². The van der Waals surface area contributed by atoms with Crippen LogP contribution in [0.1, 0.15) is 5.56 Å². The summed E-state index contributed by atoms with van der Waals surface area (Å²) in [6.07, 6.45) is 5.86. The third-order valence-electron chi connectivity index (χ3n) is 4.82. The lowest BCUT2D eigenvalue weighted by molar-refractivity contribution is -0.127. The van der Waals surface area contributed by atoms with Gasteiger partial charge in [0.2, 0.25) is 5.91 Å². The number of piperazine rings is 1. The number of benzene rings is 1. The number of nitrogens with one attached hydrogen (secondary N) is 1. The third kappa shape index (κ3) is 3.54. The molecule has 1 aliphatic heterocycles. The maximum atomic E-state index is 12.5. The fourth-order valence-electron chi connectivity index (χ4n) is 3.37. The molecular formula is C21H20N4O2S. The fraction of sp³-hybridized carbons (Fsp3) is 0.190. The van der Waals surface area contributed by atoms with Gasteiger partial charge in [-0.1, -0.05) is 30.3 Å². The smallest absolute Gasteiger partial charge is 0.246 e. The van der Waals surface area contributed by atoms with Gasteiger partial charge in [0.05, 0.1) is 6.04 Å². The lowest BCUT2D eigenvalue weighted by atomic mass is 10.0. The molecule has 1 aromatic carbocycles. The Morgan fingerprint density at radius 2 is 2.14 bits per heavy atom. The quantitative estimate of drug-likeness (QED) is 0.526. The van der Waals surface area contributed by atoms with Crippen molar-refractivity contribution in [2.45, 2.75) is 6.04 Å². The minimum atomic E-state index is -0.304. The Bertz CT molecular complexity index is 1050. The second-order valence-corrected chi connectivity index (χ2v) is 7.51. The predicted octanol–water partition coefficient (Wildman–Crippen LogP) is 2.56. The number of pyridine rings is 1.